The van der Waals surface area contributed by atoms with E-state index in [1.807, 2.05) is 13.0 Å². The van der Waals surface area contributed by atoms with Crippen LogP contribution in [0, 0.1) is 6.92 Å². The number of nitrogens with one attached hydrogen (secondary N) is 2. The van der Waals surface area contributed by atoms with Crippen molar-refractivity contribution in [1.82, 2.24) is 4.72 Å². The van der Waals surface area contributed by atoms with E-state index in [4.69, 9.17) is 4.74 Å². The summed E-state index contributed by atoms with van der Waals surface area (Å²) < 4.78 is 32.7. The van der Waals surface area contributed by atoms with Gasteiger partial charge < -0.3 is 10.1 Å². The first-order chi connectivity index (χ1) is 12.0. The molecular formula is C19H24N2O4S. The number of carbonyl (C=O) groups excluding carboxylic acids is 1. The number of benzene rings is 2. The summed E-state index contributed by atoms with van der Waals surface area (Å²) in [6, 6.07) is 11.4. The zero-order valence-corrected chi connectivity index (χ0v) is 16.4. The topological polar surface area (TPSA) is 84.5 Å². The molecule has 0 aliphatic rings. The van der Waals surface area contributed by atoms with Gasteiger partial charge in [0.2, 0.25) is 10.0 Å². The molecule has 0 radical (unpaired) electrons. The Balaban J connectivity index is 2.29. The summed E-state index contributed by atoms with van der Waals surface area (Å²) in [7, 11) is -2.19. The molecule has 0 aromatic heterocycles. The third kappa shape index (κ3) is 5.06. The zero-order valence-electron chi connectivity index (χ0n) is 15.6. The van der Waals surface area contributed by atoms with Gasteiger partial charge in [-0.3, -0.25) is 4.79 Å². The number of amides is 1. The number of ether oxygens (including phenoxy) is 1. The van der Waals surface area contributed by atoms with Gasteiger partial charge >= 0.3 is 0 Å². The molecule has 0 bridgehead atoms. The monoisotopic (exact) mass is 376 g/mol. The normalized spacial score (nSPS) is 11.9. The minimum absolute atomic E-state index is 0.0847. The lowest BCUT2D eigenvalue weighted by Crippen LogP contribution is -2.40. The van der Waals surface area contributed by atoms with Crippen LogP contribution in [-0.2, 0) is 10.0 Å². The molecule has 1 amide bonds. The van der Waals surface area contributed by atoms with Gasteiger partial charge in [0.05, 0.1) is 17.6 Å². The molecule has 2 aromatic rings. The minimum atomic E-state index is -3.69. The molecule has 0 saturated carbocycles. The lowest BCUT2D eigenvalue weighted by Gasteiger charge is -2.20. The van der Waals surface area contributed by atoms with Crippen LogP contribution < -0.4 is 14.8 Å². The second-order valence-corrected chi connectivity index (χ2v) is 8.72. The van der Waals surface area contributed by atoms with Gasteiger partial charge in [-0.25, -0.2) is 13.1 Å². The van der Waals surface area contributed by atoms with Gasteiger partial charge in [0.25, 0.3) is 5.91 Å². The van der Waals surface area contributed by atoms with Crippen molar-refractivity contribution in [2.45, 2.75) is 38.1 Å². The highest BCUT2D eigenvalue weighted by Gasteiger charge is 2.22. The SMILES string of the molecule is COc1ccc(C)cc1C(=O)Nc1cccc(S(=O)(=O)NC(C)(C)C)c1. The Labute approximate surface area is 154 Å². The minimum Gasteiger partial charge on any atom is -0.496 e. The first kappa shape index (κ1) is 19.9. The lowest BCUT2D eigenvalue weighted by molar-refractivity contribution is 0.102. The number of anilines is 1. The van der Waals surface area contributed by atoms with Gasteiger partial charge in [-0.2, -0.15) is 0 Å². The van der Waals surface area contributed by atoms with Gasteiger partial charge in [0.1, 0.15) is 5.75 Å². The Morgan fingerprint density at radius 2 is 1.77 bits per heavy atom. The maximum Gasteiger partial charge on any atom is 0.259 e. The second-order valence-electron chi connectivity index (χ2n) is 7.04. The highest BCUT2D eigenvalue weighted by atomic mass is 32.2. The first-order valence-corrected chi connectivity index (χ1v) is 9.60. The molecule has 0 heterocycles. The summed E-state index contributed by atoms with van der Waals surface area (Å²) >= 11 is 0. The van der Waals surface area contributed by atoms with Crippen molar-refractivity contribution < 1.29 is 17.9 Å². The van der Waals surface area contributed by atoms with E-state index < -0.39 is 15.6 Å². The molecule has 0 aliphatic carbocycles. The highest BCUT2D eigenvalue weighted by Crippen LogP contribution is 2.22. The van der Waals surface area contributed by atoms with Crippen LogP contribution in [0.4, 0.5) is 5.69 Å². The zero-order chi connectivity index (χ0) is 19.5. The highest BCUT2D eigenvalue weighted by molar-refractivity contribution is 7.89. The number of methoxy groups -OCH3 is 1. The van der Waals surface area contributed by atoms with Crippen molar-refractivity contribution in [1.29, 1.82) is 0 Å². The first-order valence-electron chi connectivity index (χ1n) is 8.12. The van der Waals surface area contributed by atoms with Gasteiger partial charge in [-0.1, -0.05) is 17.7 Å². The van der Waals surface area contributed by atoms with Crippen LogP contribution >= 0.6 is 0 Å². The number of hydrogen-bond acceptors (Lipinski definition) is 4. The molecule has 0 atom stereocenters. The molecule has 6 nitrogen and oxygen atoms in total. The second kappa shape index (κ2) is 7.47. The van der Waals surface area contributed by atoms with Crippen LogP contribution in [0.25, 0.3) is 0 Å². The van der Waals surface area contributed by atoms with Crippen LogP contribution in [0.5, 0.6) is 5.75 Å². The third-order valence-corrected chi connectivity index (χ3v) is 5.20. The number of aryl methyl sites for hydroxylation is 1. The number of sulfonamides is 1. The number of hydrogen-bond donors (Lipinski definition) is 2. The molecule has 7 heteroatoms. The van der Waals surface area contributed by atoms with Crippen molar-refractivity contribution >= 4 is 21.6 Å². The molecule has 140 valence electrons. The largest absolute Gasteiger partial charge is 0.496 e. The van der Waals surface area contributed by atoms with Crippen molar-refractivity contribution in [3.63, 3.8) is 0 Å². The molecule has 0 saturated heterocycles. The average Bonchev–Trinajstić information content (AvgIpc) is 2.53. The lowest BCUT2D eigenvalue weighted by atomic mass is 10.1. The van der Waals surface area contributed by atoms with E-state index in [9.17, 15) is 13.2 Å². The fourth-order valence-corrected chi connectivity index (χ4v) is 3.86. The van der Waals surface area contributed by atoms with Crippen LogP contribution in [-0.4, -0.2) is 27.0 Å². The predicted molar refractivity (Wildman–Crippen MR) is 102 cm³/mol. The van der Waals surface area contributed by atoms with Crippen molar-refractivity contribution in [3.8, 4) is 5.75 Å². The average molecular weight is 376 g/mol. The van der Waals surface area contributed by atoms with Crippen LogP contribution in [0.1, 0.15) is 36.7 Å². The van der Waals surface area contributed by atoms with Crippen molar-refractivity contribution in [2.24, 2.45) is 0 Å². The molecule has 2 N–H and O–H groups in total. The Morgan fingerprint density at radius 1 is 1.08 bits per heavy atom. The van der Waals surface area contributed by atoms with Gasteiger partial charge in [0, 0.05) is 11.2 Å². The van der Waals surface area contributed by atoms with E-state index in [-0.39, 0.29) is 10.8 Å². The van der Waals surface area contributed by atoms with E-state index in [1.165, 1.54) is 19.2 Å². The summed E-state index contributed by atoms with van der Waals surface area (Å²) in [6.45, 7) is 7.17. The van der Waals surface area contributed by atoms with Crippen LogP contribution in [0.3, 0.4) is 0 Å². The summed E-state index contributed by atoms with van der Waals surface area (Å²) in [4.78, 5) is 12.7. The maximum absolute atomic E-state index is 12.6. The fourth-order valence-electron chi connectivity index (χ4n) is 2.40. The van der Waals surface area contributed by atoms with Crippen LogP contribution in [0.15, 0.2) is 47.4 Å². The van der Waals surface area contributed by atoms with Gasteiger partial charge in [-0.15, -0.1) is 0 Å². The maximum atomic E-state index is 12.6. The molecule has 2 rings (SSSR count). The molecule has 26 heavy (non-hydrogen) atoms. The van der Waals surface area contributed by atoms with Crippen LogP contribution in [0.2, 0.25) is 0 Å². The van der Waals surface area contributed by atoms with Gasteiger partial charge in [-0.05, 0) is 58.0 Å². The van der Waals surface area contributed by atoms with E-state index >= 15 is 0 Å². The van der Waals surface area contributed by atoms with Crippen molar-refractivity contribution in [3.05, 3.63) is 53.6 Å². The molecular weight excluding hydrogens is 352 g/mol. The standard InChI is InChI=1S/C19H24N2O4S/c1-13-9-10-17(25-5)16(11-13)18(22)20-14-7-6-8-15(12-14)26(23,24)21-19(2,3)4/h6-12,21H,1-5H3,(H,20,22). The Kier molecular flexibility index (Phi) is 5.73. The van der Waals surface area contributed by atoms with E-state index in [0.717, 1.165) is 5.56 Å². The predicted octanol–water partition coefficient (Wildman–Crippen LogP) is 3.33. The Morgan fingerprint density at radius 3 is 2.38 bits per heavy atom. The summed E-state index contributed by atoms with van der Waals surface area (Å²) in [5.74, 6) is 0.0788. The Bertz CT molecular complexity index is 915. The molecule has 2 aromatic carbocycles. The smallest absolute Gasteiger partial charge is 0.259 e. The number of carbonyl (C=O) groups is 1. The summed E-state index contributed by atoms with van der Waals surface area (Å²) in [5.41, 5.74) is 1.08. The molecule has 0 aliphatic heterocycles. The molecule has 0 fully saturated rings. The summed E-state index contributed by atoms with van der Waals surface area (Å²) in [5, 5.41) is 2.72. The fraction of sp³-hybridized carbons (Fsp3) is 0.316. The third-order valence-electron chi connectivity index (χ3n) is 3.44. The van der Waals surface area contributed by atoms with E-state index in [0.29, 0.717) is 17.0 Å². The quantitative estimate of drug-likeness (QED) is 0.838. The van der Waals surface area contributed by atoms with Gasteiger partial charge in [0.15, 0.2) is 0 Å². The number of rotatable bonds is 5. The van der Waals surface area contributed by atoms with E-state index in [1.54, 1.807) is 45.0 Å². The Hall–Kier alpha value is -2.38. The van der Waals surface area contributed by atoms with Crippen molar-refractivity contribution in [2.75, 3.05) is 12.4 Å². The summed E-state index contributed by atoms with van der Waals surface area (Å²) in [6.07, 6.45) is 0. The van der Waals surface area contributed by atoms with E-state index in [2.05, 4.69) is 10.0 Å². The molecule has 0 spiro atoms. The molecule has 0 unspecified atom stereocenters.